The van der Waals surface area contributed by atoms with Crippen LogP contribution in [0.25, 0.3) is 0 Å². The highest BCUT2D eigenvalue weighted by Crippen LogP contribution is 2.35. The molecule has 0 saturated carbocycles. The number of rotatable bonds is 8. The molecule has 0 unspecified atom stereocenters. The Balaban J connectivity index is 2.64. The monoisotopic (exact) mass is 451 g/mol. The van der Waals surface area contributed by atoms with Gasteiger partial charge in [-0.05, 0) is 38.5 Å². The first-order valence-electron chi connectivity index (χ1n) is 11.2. The first-order chi connectivity index (χ1) is 15.6. The van der Waals surface area contributed by atoms with Crippen molar-refractivity contribution in [2.75, 3.05) is 23.3 Å². The zero-order valence-corrected chi connectivity index (χ0v) is 20.6. The number of hydrogen-bond donors (Lipinski definition) is 1. The van der Waals surface area contributed by atoms with Crippen LogP contribution in [0.15, 0.2) is 28.4 Å². The Morgan fingerprint density at radius 2 is 1.85 bits per heavy atom. The average Bonchev–Trinajstić information content (AvgIpc) is 3.13. The maximum absolute atomic E-state index is 12.7. The van der Waals surface area contributed by atoms with Crippen LogP contribution < -0.4 is 10.2 Å². The van der Waals surface area contributed by atoms with Crippen LogP contribution >= 0.6 is 0 Å². The molecule has 33 heavy (non-hydrogen) atoms. The first-order valence-corrected chi connectivity index (χ1v) is 11.2. The number of benzene rings is 1. The largest absolute Gasteiger partial charge is 0.372 e. The van der Waals surface area contributed by atoms with Crippen molar-refractivity contribution >= 4 is 34.7 Å². The van der Waals surface area contributed by atoms with Crippen molar-refractivity contribution < 1.29 is 9.59 Å². The summed E-state index contributed by atoms with van der Waals surface area (Å²) in [6.07, 6.45) is 0.913. The number of carbonyl (C=O) groups is 2. The van der Waals surface area contributed by atoms with E-state index in [4.69, 9.17) is 0 Å². The average molecular weight is 452 g/mol. The number of carbonyl (C=O) groups excluding carboxylic acids is 2. The lowest BCUT2D eigenvalue weighted by molar-refractivity contribution is -0.114. The van der Waals surface area contributed by atoms with Gasteiger partial charge in [-0.1, -0.05) is 27.7 Å². The van der Waals surface area contributed by atoms with Gasteiger partial charge >= 0.3 is 0 Å². The third kappa shape index (κ3) is 6.04. The second-order valence-electron chi connectivity index (χ2n) is 8.72. The van der Waals surface area contributed by atoms with Crippen molar-refractivity contribution in [3.05, 3.63) is 29.5 Å². The molecule has 176 valence electrons. The SMILES string of the molecule is CCCC(=O)n1nc(C(C)(C)C)c(C#N)c1N=Nc1ccc(N(CC)CC)cc1NC(C)=O. The van der Waals surface area contributed by atoms with Gasteiger partial charge in [-0.2, -0.15) is 15.0 Å². The van der Waals surface area contributed by atoms with Crippen molar-refractivity contribution in [3.8, 4) is 6.07 Å². The Bertz CT molecular complexity index is 1080. The summed E-state index contributed by atoms with van der Waals surface area (Å²) in [5.74, 6) is -0.390. The minimum atomic E-state index is -0.458. The highest BCUT2D eigenvalue weighted by molar-refractivity contribution is 5.93. The van der Waals surface area contributed by atoms with Crippen LogP contribution in [-0.4, -0.2) is 34.7 Å². The summed E-state index contributed by atoms with van der Waals surface area (Å²) >= 11 is 0. The molecule has 0 aliphatic rings. The summed E-state index contributed by atoms with van der Waals surface area (Å²) < 4.78 is 1.18. The smallest absolute Gasteiger partial charge is 0.248 e. The lowest BCUT2D eigenvalue weighted by Crippen LogP contribution is -2.21. The van der Waals surface area contributed by atoms with Crippen LogP contribution in [0, 0.1) is 11.3 Å². The third-order valence-electron chi connectivity index (χ3n) is 5.06. The van der Waals surface area contributed by atoms with Crippen molar-refractivity contribution in [2.24, 2.45) is 10.2 Å². The van der Waals surface area contributed by atoms with Gasteiger partial charge in [0.2, 0.25) is 11.8 Å². The van der Waals surface area contributed by atoms with E-state index in [0.717, 1.165) is 18.8 Å². The van der Waals surface area contributed by atoms with Gasteiger partial charge in [0, 0.05) is 37.5 Å². The molecule has 0 fully saturated rings. The first kappa shape index (κ1) is 25.7. The molecule has 0 aliphatic carbocycles. The normalized spacial score (nSPS) is 11.5. The second-order valence-corrected chi connectivity index (χ2v) is 8.72. The molecule has 2 aromatic rings. The predicted molar refractivity (Wildman–Crippen MR) is 130 cm³/mol. The highest BCUT2D eigenvalue weighted by Gasteiger charge is 2.29. The Hall–Kier alpha value is -3.54. The fourth-order valence-electron chi connectivity index (χ4n) is 3.41. The highest BCUT2D eigenvalue weighted by atomic mass is 16.2. The lowest BCUT2D eigenvalue weighted by Gasteiger charge is -2.22. The minimum Gasteiger partial charge on any atom is -0.372 e. The summed E-state index contributed by atoms with van der Waals surface area (Å²) in [6, 6.07) is 7.64. The number of nitriles is 1. The number of anilines is 2. The zero-order valence-electron chi connectivity index (χ0n) is 20.6. The molecule has 0 saturated heterocycles. The third-order valence-corrected chi connectivity index (χ3v) is 5.06. The molecular weight excluding hydrogens is 418 g/mol. The molecule has 9 nitrogen and oxygen atoms in total. The Labute approximate surface area is 195 Å². The zero-order chi connectivity index (χ0) is 24.8. The van der Waals surface area contributed by atoms with Gasteiger partial charge in [0.05, 0.1) is 11.4 Å². The summed E-state index contributed by atoms with van der Waals surface area (Å²) in [7, 11) is 0. The standard InChI is InChI=1S/C24H33N7O2/c1-8-11-21(33)31-23(18(15-25)22(29-31)24(5,6)7)28-27-19-13-12-17(30(9-2)10-3)14-20(19)26-16(4)32/h12-14H,8-11H2,1-7H3,(H,26,32). The molecule has 0 atom stereocenters. The number of nitrogens with one attached hydrogen (secondary N) is 1. The van der Waals surface area contributed by atoms with Crippen LogP contribution in [0.4, 0.5) is 22.9 Å². The summed E-state index contributed by atoms with van der Waals surface area (Å²) in [5, 5.41) is 25.7. The maximum atomic E-state index is 12.7. The molecule has 1 amide bonds. The van der Waals surface area contributed by atoms with Gasteiger partial charge in [-0.3, -0.25) is 9.59 Å². The van der Waals surface area contributed by atoms with E-state index in [9.17, 15) is 14.9 Å². The summed E-state index contributed by atoms with van der Waals surface area (Å²) in [4.78, 5) is 26.6. The van der Waals surface area contributed by atoms with E-state index in [0.29, 0.717) is 23.5 Å². The van der Waals surface area contributed by atoms with Crippen LogP contribution in [-0.2, 0) is 10.2 Å². The molecule has 2 rings (SSSR count). The van der Waals surface area contributed by atoms with E-state index >= 15 is 0 Å². The molecule has 0 aliphatic heterocycles. The Morgan fingerprint density at radius 1 is 1.18 bits per heavy atom. The topological polar surface area (TPSA) is 116 Å². The van der Waals surface area contributed by atoms with E-state index in [2.05, 4.69) is 45.5 Å². The van der Waals surface area contributed by atoms with Crippen molar-refractivity contribution in [2.45, 2.75) is 66.7 Å². The van der Waals surface area contributed by atoms with Gasteiger partial charge in [0.25, 0.3) is 0 Å². The molecule has 0 radical (unpaired) electrons. The quantitative estimate of drug-likeness (QED) is 0.516. The molecule has 0 bridgehead atoms. The molecular formula is C24H33N7O2. The van der Waals surface area contributed by atoms with Gasteiger partial charge in [0.15, 0.2) is 5.82 Å². The molecule has 1 aromatic carbocycles. The van der Waals surface area contributed by atoms with Gasteiger partial charge in [-0.25, -0.2) is 0 Å². The van der Waals surface area contributed by atoms with Crippen LogP contribution in [0.1, 0.15) is 77.4 Å². The van der Waals surface area contributed by atoms with Crippen molar-refractivity contribution in [1.82, 2.24) is 9.78 Å². The Kier molecular flexibility index (Phi) is 8.46. The number of nitrogens with zero attached hydrogens (tertiary/aromatic N) is 6. The molecule has 0 spiro atoms. The van der Waals surface area contributed by atoms with E-state index in [1.807, 2.05) is 39.8 Å². The van der Waals surface area contributed by atoms with Gasteiger partial charge < -0.3 is 10.2 Å². The molecule has 1 N–H and O–H groups in total. The number of hydrogen-bond acceptors (Lipinski definition) is 7. The predicted octanol–water partition coefficient (Wildman–Crippen LogP) is 5.71. The summed E-state index contributed by atoms with van der Waals surface area (Å²) in [6.45, 7) is 14.8. The second kappa shape index (κ2) is 10.9. The minimum absolute atomic E-state index is 0.0995. The maximum Gasteiger partial charge on any atom is 0.248 e. The Morgan fingerprint density at radius 3 is 2.36 bits per heavy atom. The van der Waals surface area contributed by atoms with Crippen LogP contribution in [0.5, 0.6) is 0 Å². The van der Waals surface area contributed by atoms with Crippen molar-refractivity contribution in [1.29, 1.82) is 5.26 Å². The number of azo groups is 1. The fourth-order valence-corrected chi connectivity index (χ4v) is 3.41. The number of amides is 1. The number of aromatic nitrogens is 2. The van der Waals surface area contributed by atoms with E-state index in [-0.39, 0.29) is 29.6 Å². The lowest BCUT2D eigenvalue weighted by atomic mass is 9.90. The molecule has 1 aromatic heterocycles. The van der Waals surface area contributed by atoms with Gasteiger partial charge in [-0.15, -0.1) is 10.2 Å². The van der Waals surface area contributed by atoms with Crippen LogP contribution in [0.2, 0.25) is 0 Å². The van der Waals surface area contributed by atoms with E-state index < -0.39 is 5.41 Å². The summed E-state index contributed by atoms with van der Waals surface area (Å²) in [5.41, 5.74) is 2.10. The molecule has 1 heterocycles. The molecule has 9 heteroatoms. The van der Waals surface area contributed by atoms with E-state index in [1.165, 1.54) is 11.6 Å². The van der Waals surface area contributed by atoms with Crippen molar-refractivity contribution in [3.63, 3.8) is 0 Å². The van der Waals surface area contributed by atoms with Crippen LogP contribution in [0.3, 0.4) is 0 Å². The van der Waals surface area contributed by atoms with E-state index in [1.54, 1.807) is 6.07 Å². The van der Waals surface area contributed by atoms with Gasteiger partial charge in [0.1, 0.15) is 17.3 Å². The fraction of sp³-hybridized carbons (Fsp3) is 0.500.